The number of ether oxygens (including phenoxy) is 1. The molecule has 0 atom stereocenters. The largest absolute Gasteiger partial charge is 0.462 e. The summed E-state index contributed by atoms with van der Waals surface area (Å²) in [6.45, 7) is 1.93. The third-order valence-electron chi connectivity index (χ3n) is 4.19. The molecule has 1 heterocycles. The molecule has 0 saturated heterocycles. The Labute approximate surface area is 190 Å². The molecule has 0 spiro atoms. The van der Waals surface area contributed by atoms with Gasteiger partial charge < -0.3 is 10.1 Å². The second-order valence-corrected chi connectivity index (χ2v) is 8.05. The molecule has 2 aromatic carbocycles. The Kier molecular flexibility index (Phi) is 7.32. The second kappa shape index (κ2) is 10.1. The molecular formula is C22H17BrN2O5S. The van der Waals surface area contributed by atoms with E-state index in [-0.39, 0.29) is 12.3 Å². The molecule has 3 aromatic rings. The summed E-state index contributed by atoms with van der Waals surface area (Å²) in [6, 6.07) is 13.3. The highest BCUT2D eigenvalue weighted by Crippen LogP contribution is 2.36. The zero-order valence-electron chi connectivity index (χ0n) is 16.3. The number of carbonyl (C=O) groups is 2. The number of halogens is 1. The van der Waals surface area contributed by atoms with E-state index in [1.165, 1.54) is 35.6 Å². The first kappa shape index (κ1) is 22.4. The van der Waals surface area contributed by atoms with Gasteiger partial charge in [0.05, 0.1) is 11.5 Å². The zero-order valence-corrected chi connectivity index (χ0v) is 18.7. The number of hydrogen-bond acceptors (Lipinski definition) is 6. The van der Waals surface area contributed by atoms with Crippen LogP contribution in [0.15, 0.2) is 64.5 Å². The lowest BCUT2D eigenvalue weighted by Gasteiger charge is -2.08. The molecule has 31 heavy (non-hydrogen) atoms. The minimum absolute atomic E-state index is 0.0280. The Morgan fingerprint density at radius 3 is 2.45 bits per heavy atom. The summed E-state index contributed by atoms with van der Waals surface area (Å²) in [6.07, 6.45) is 2.83. The van der Waals surface area contributed by atoms with Gasteiger partial charge in [-0.1, -0.05) is 28.1 Å². The number of thiophene rings is 1. The number of anilines is 1. The summed E-state index contributed by atoms with van der Waals surface area (Å²) in [5.74, 6) is -0.954. The van der Waals surface area contributed by atoms with Gasteiger partial charge in [-0.05, 0) is 48.4 Å². The van der Waals surface area contributed by atoms with Crippen LogP contribution in [0.5, 0.6) is 0 Å². The van der Waals surface area contributed by atoms with Crippen LogP contribution in [-0.2, 0) is 9.53 Å². The highest BCUT2D eigenvalue weighted by atomic mass is 79.9. The van der Waals surface area contributed by atoms with Crippen LogP contribution in [0, 0.1) is 10.1 Å². The first-order valence-electron chi connectivity index (χ1n) is 9.17. The molecule has 0 radical (unpaired) electrons. The summed E-state index contributed by atoms with van der Waals surface area (Å²) in [5.41, 5.74) is 2.40. The summed E-state index contributed by atoms with van der Waals surface area (Å²) < 4.78 is 6.10. The SMILES string of the molecule is CCOC(=O)c1c(-c2ccc(Br)cc2)csc1NC(=O)C=Cc1ccc([N+](=O)[O-])cc1. The first-order chi connectivity index (χ1) is 14.9. The number of carbonyl (C=O) groups excluding carboxylic acids is 2. The van der Waals surface area contributed by atoms with Gasteiger partial charge in [-0.15, -0.1) is 11.3 Å². The fraction of sp³-hybridized carbons (Fsp3) is 0.0909. The van der Waals surface area contributed by atoms with Crippen LogP contribution in [0.1, 0.15) is 22.8 Å². The third-order valence-corrected chi connectivity index (χ3v) is 5.62. The van der Waals surface area contributed by atoms with Crippen LogP contribution in [0.4, 0.5) is 10.7 Å². The van der Waals surface area contributed by atoms with E-state index < -0.39 is 16.8 Å². The molecule has 1 aromatic heterocycles. The quantitative estimate of drug-likeness (QED) is 0.188. The minimum atomic E-state index is -0.517. The van der Waals surface area contributed by atoms with Crippen LogP contribution in [0.25, 0.3) is 17.2 Å². The van der Waals surface area contributed by atoms with Crippen molar-refractivity contribution in [1.29, 1.82) is 0 Å². The van der Waals surface area contributed by atoms with Crippen molar-refractivity contribution in [2.75, 3.05) is 11.9 Å². The van der Waals surface area contributed by atoms with E-state index in [1.807, 2.05) is 24.3 Å². The second-order valence-electron chi connectivity index (χ2n) is 6.25. The number of nitrogens with one attached hydrogen (secondary N) is 1. The molecule has 0 aliphatic carbocycles. The molecule has 0 bridgehead atoms. The van der Waals surface area contributed by atoms with E-state index >= 15 is 0 Å². The van der Waals surface area contributed by atoms with Gasteiger partial charge in [-0.3, -0.25) is 14.9 Å². The number of benzene rings is 2. The molecule has 9 heteroatoms. The molecule has 1 amide bonds. The summed E-state index contributed by atoms with van der Waals surface area (Å²) in [4.78, 5) is 35.2. The normalized spacial score (nSPS) is 10.8. The summed E-state index contributed by atoms with van der Waals surface area (Å²) >= 11 is 4.62. The van der Waals surface area contributed by atoms with Gasteiger partial charge >= 0.3 is 5.97 Å². The Morgan fingerprint density at radius 1 is 1.16 bits per heavy atom. The maximum atomic E-state index is 12.6. The van der Waals surface area contributed by atoms with Gasteiger partial charge in [-0.2, -0.15) is 0 Å². The number of rotatable bonds is 7. The van der Waals surface area contributed by atoms with Crippen molar-refractivity contribution in [3.63, 3.8) is 0 Å². The van der Waals surface area contributed by atoms with Gasteiger partial charge in [0.1, 0.15) is 10.6 Å². The topological polar surface area (TPSA) is 98.5 Å². The monoisotopic (exact) mass is 500 g/mol. The molecule has 3 rings (SSSR count). The summed E-state index contributed by atoms with van der Waals surface area (Å²) in [7, 11) is 0. The van der Waals surface area contributed by atoms with Crippen molar-refractivity contribution in [2.24, 2.45) is 0 Å². The predicted octanol–water partition coefficient (Wildman–Crippen LogP) is 5.91. The maximum Gasteiger partial charge on any atom is 0.341 e. The third kappa shape index (κ3) is 5.65. The van der Waals surface area contributed by atoms with Crippen LogP contribution >= 0.6 is 27.3 Å². The molecule has 0 aliphatic heterocycles. The fourth-order valence-corrected chi connectivity index (χ4v) is 3.95. The van der Waals surface area contributed by atoms with Gasteiger partial charge in [0.25, 0.3) is 5.69 Å². The molecule has 0 aliphatic rings. The lowest BCUT2D eigenvalue weighted by Crippen LogP contribution is -2.12. The van der Waals surface area contributed by atoms with Crippen LogP contribution in [0.2, 0.25) is 0 Å². The number of nitrogens with zero attached hydrogens (tertiary/aromatic N) is 1. The van der Waals surface area contributed by atoms with E-state index in [9.17, 15) is 19.7 Å². The van der Waals surface area contributed by atoms with E-state index in [4.69, 9.17) is 4.74 Å². The number of nitro groups is 1. The smallest absolute Gasteiger partial charge is 0.341 e. The van der Waals surface area contributed by atoms with Gasteiger partial charge in [0.2, 0.25) is 5.91 Å². The lowest BCUT2D eigenvalue weighted by molar-refractivity contribution is -0.384. The van der Waals surface area contributed by atoms with Gasteiger partial charge in [0, 0.05) is 33.6 Å². The molecular weight excluding hydrogens is 484 g/mol. The van der Waals surface area contributed by atoms with E-state index in [1.54, 1.807) is 24.4 Å². The van der Waals surface area contributed by atoms with Crippen molar-refractivity contribution in [2.45, 2.75) is 6.92 Å². The van der Waals surface area contributed by atoms with E-state index in [2.05, 4.69) is 21.2 Å². The average molecular weight is 501 g/mol. The molecule has 0 unspecified atom stereocenters. The Bertz CT molecular complexity index is 1140. The lowest BCUT2D eigenvalue weighted by atomic mass is 10.0. The van der Waals surface area contributed by atoms with Crippen molar-refractivity contribution in [1.82, 2.24) is 0 Å². The predicted molar refractivity (Wildman–Crippen MR) is 124 cm³/mol. The number of non-ortho nitro benzene ring substituents is 1. The Balaban J connectivity index is 1.82. The molecule has 158 valence electrons. The molecule has 0 saturated carbocycles. The molecule has 0 fully saturated rings. The minimum Gasteiger partial charge on any atom is -0.462 e. The van der Waals surface area contributed by atoms with Gasteiger partial charge in [-0.25, -0.2) is 4.79 Å². The van der Waals surface area contributed by atoms with E-state index in [0.717, 1.165) is 10.0 Å². The molecule has 7 nitrogen and oxygen atoms in total. The first-order valence-corrected chi connectivity index (χ1v) is 10.8. The Hall–Kier alpha value is -3.30. The highest BCUT2D eigenvalue weighted by molar-refractivity contribution is 9.10. The standard InChI is InChI=1S/C22H17BrN2O5S/c1-2-30-22(27)20-18(15-6-8-16(23)9-7-15)13-31-21(20)24-19(26)12-5-14-3-10-17(11-4-14)25(28)29/h3-13H,2H2,1H3,(H,24,26). The van der Waals surface area contributed by atoms with Gasteiger partial charge in [0.15, 0.2) is 0 Å². The van der Waals surface area contributed by atoms with Crippen LogP contribution in [0.3, 0.4) is 0 Å². The van der Waals surface area contributed by atoms with Crippen molar-refractivity contribution >= 4 is 55.9 Å². The summed E-state index contributed by atoms with van der Waals surface area (Å²) in [5, 5.41) is 15.6. The number of nitro benzene ring substituents is 1. The Morgan fingerprint density at radius 2 is 1.84 bits per heavy atom. The van der Waals surface area contributed by atoms with Crippen molar-refractivity contribution in [3.8, 4) is 11.1 Å². The molecule has 1 N–H and O–H groups in total. The maximum absolute atomic E-state index is 12.6. The highest BCUT2D eigenvalue weighted by Gasteiger charge is 2.22. The van der Waals surface area contributed by atoms with Crippen LogP contribution < -0.4 is 5.32 Å². The number of hydrogen-bond donors (Lipinski definition) is 1. The van der Waals surface area contributed by atoms with Crippen molar-refractivity contribution in [3.05, 3.63) is 85.7 Å². The van der Waals surface area contributed by atoms with Crippen LogP contribution in [-0.4, -0.2) is 23.4 Å². The fourth-order valence-electron chi connectivity index (χ4n) is 2.73. The zero-order chi connectivity index (χ0) is 22.4. The average Bonchev–Trinajstić information content (AvgIpc) is 3.16. The number of esters is 1. The van der Waals surface area contributed by atoms with Crippen molar-refractivity contribution < 1.29 is 19.2 Å². The van der Waals surface area contributed by atoms with E-state index in [0.29, 0.717) is 21.7 Å². The number of amides is 1.